The molecule has 1 aliphatic rings. The van der Waals surface area contributed by atoms with Crippen LogP contribution in [0.25, 0.3) is 0 Å². The van der Waals surface area contributed by atoms with Gasteiger partial charge in [0, 0.05) is 0 Å². The number of anilines is 2. The molecule has 8 heteroatoms. The minimum absolute atomic E-state index is 0.0734. The van der Waals surface area contributed by atoms with Crippen molar-refractivity contribution < 1.29 is 14.3 Å². The highest BCUT2D eigenvalue weighted by molar-refractivity contribution is 5.88. The Kier molecular flexibility index (Phi) is 6.44. The van der Waals surface area contributed by atoms with E-state index in [4.69, 9.17) is 9.47 Å². The molecule has 1 fully saturated rings. The fraction of sp³-hybridized carbons (Fsp3) is 0.360. The van der Waals surface area contributed by atoms with E-state index in [2.05, 4.69) is 34.1 Å². The van der Waals surface area contributed by atoms with Gasteiger partial charge in [0.25, 0.3) is 0 Å². The van der Waals surface area contributed by atoms with Gasteiger partial charge >= 0.3 is 6.09 Å². The van der Waals surface area contributed by atoms with Crippen LogP contribution in [0.4, 0.5) is 16.7 Å². The molecular weight excluding hydrogens is 418 g/mol. The first kappa shape index (κ1) is 22.5. The second kappa shape index (κ2) is 9.44. The van der Waals surface area contributed by atoms with E-state index in [0.29, 0.717) is 17.7 Å². The first-order chi connectivity index (χ1) is 15.8. The number of benzene rings is 2. The average molecular weight is 448 g/mol. The molecule has 172 valence electrons. The van der Waals surface area contributed by atoms with Gasteiger partial charge in [0.15, 0.2) is 0 Å². The number of hydrogen-bond donors (Lipinski definition) is 1. The molecule has 33 heavy (non-hydrogen) atoms. The molecule has 3 atom stereocenters. The average Bonchev–Trinajstić information content (AvgIpc) is 3.08. The fourth-order valence-corrected chi connectivity index (χ4v) is 4.04. The number of hydrogen-bond acceptors (Lipinski definition) is 7. The molecule has 0 saturated carbocycles. The first-order valence-corrected chi connectivity index (χ1v) is 11.1. The summed E-state index contributed by atoms with van der Waals surface area (Å²) in [6.45, 7) is 9.80. The van der Waals surface area contributed by atoms with Gasteiger partial charge in [-0.25, -0.2) is 9.69 Å². The molecule has 2 aromatic carbocycles. The van der Waals surface area contributed by atoms with Gasteiger partial charge in [0.1, 0.15) is 23.4 Å². The maximum absolute atomic E-state index is 12.5. The Balaban J connectivity index is 1.50. The van der Waals surface area contributed by atoms with Crippen molar-refractivity contribution >= 4 is 18.0 Å². The Bertz CT molecular complexity index is 1100. The number of carbonyl (C=O) groups is 1. The summed E-state index contributed by atoms with van der Waals surface area (Å²) in [5.74, 6) is 2.98. The van der Waals surface area contributed by atoms with Crippen LogP contribution in [0.5, 0.6) is 11.5 Å². The molecule has 2 unspecified atom stereocenters. The van der Waals surface area contributed by atoms with Gasteiger partial charge in [0.05, 0.1) is 12.1 Å². The topological polar surface area (TPSA) is 89.5 Å². The molecule has 1 amide bonds. The van der Waals surface area contributed by atoms with E-state index in [1.54, 1.807) is 6.92 Å². The molecule has 0 bridgehead atoms. The highest BCUT2D eigenvalue weighted by Crippen LogP contribution is 2.30. The van der Waals surface area contributed by atoms with Gasteiger partial charge in [-0.3, -0.25) is 0 Å². The van der Waals surface area contributed by atoms with Crippen LogP contribution in [-0.4, -0.2) is 33.2 Å². The molecular formula is C25H29N5O3. The largest absolute Gasteiger partial charge is 0.457 e. The van der Waals surface area contributed by atoms with Crippen LogP contribution in [0.3, 0.4) is 0 Å². The Labute approximate surface area is 194 Å². The summed E-state index contributed by atoms with van der Waals surface area (Å²) in [6, 6.07) is 17.3. The molecule has 0 spiro atoms. The smallest absolute Gasteiger partial charge is 0.417 e. The molecule has 4 rings (SSSR count). The van der Waals surface area contributed by atoms with E-state index in [9.17, 15) is 4.79 Å². The van der Waals surface area contributed by atoms with Crippen molar-refractivity contribution in [3.63, 3.8) is 0 Å². The summed E-state index contributed by atoms with van der Waals surface area (Å²) in [5.41, 5.74) is 1.05. The van der Waals surface area contributed by atoms with E-state index in [1.807, 2.05) is 68.4 Å². The van der Waals surface area contributed by atoms with E-state index in [1.165, 1.54) is 4.90 Å². The number of nitrogens with one attached hydrogen (secondary N) is 1. The lowest BCUT2D eigenvalue weighted by atomic mass is 9.99. The van der Waals surface area contributed by atoms with Crippen molar-refractivity contribution in [2.45, 2.75) is 52.8 Å². The lowest BCUT2D eigenvalue weighted by Crippen LogP contribution is -2.41. The molecule has 1 saturated heterocycles. The first-order valence-electron chi connectivity index (χ1n) is 11.1. The maximum atomic E-state index is 12.5. The number of aromatic nitrogens is 3. The van der Waals surface area contributed by atoms with E-state index < -0.39 is 6.09 Å². The number of nitrogens with zero attached hydrogens (tertiary/aromatic N) is 4. The Morgan fingerprint density at radius 3 is 2.30 bits per heavy atom. The monoisotopic (exact) mass is 447 g/mol. The summed E-state index contributed by atoms with van der Waals surface area (Å²) in [5, 5.41) is 3.32. The molecule has 2 heterocycles. The highest BCUT2D eigenvalue weighted by Gasteiger charge is 2.43. The predicted octanol–water partition coefficient (Wildman–Crippen LogP) is 5.52. The standard InChI is InChI=1S/C25H29N5O3/c1-15(2)22-17(4)32-25(31)30(22)24-28-18(5)27-23(29-24)26-16(3)19-11-13-21(14-12-19)33-20-9-7-6-8-10-20/h6-17,22H,1-5H3,(H,26,27,28,29)/t16-,17?,22?/m0/s1. The number of carbonyl (C=O) groups excluding carboxylic acids is 1. The Morgan fingerprint density at radius 1 is 0.970 bits per heavy atom. The van der Waals surface area contributed by atoms with Crippen molar-refractivity contribution in [3.05, 3.63) is 66.0 Å². The Hall–Kier alpha value is -3.68. The molecule has 1 aromatic heterocycles. The molecule has 1 N–H and O–H groups in total. The molecule has 0 aliphatic carbocycles. The van der Waals surface area contributed by atoms with Crippen molar-refractivity contribution in [2.24, 2.45) is 5.92 Å². The molecule has 0 radical (unpaired) electrons. The lowest BCUT2D eigenvalue weighted by molar-refractivity contribution is 0.136. The minimum atomic E-state index is -0.431. The van der Waals surface area contributed by atoms with Crippen LogP contribution < -0.4 is 15.0 Å². The lowest BCUT2D eigenvalue weighted by Gasteiger charge is -2.25. The van der Waals surface area contributed by atoms with Gasteiger partial charge in [-0.05, 0) is 56.5 Å². The number of para-hydroxylation sites is 1. The molecule has 1 aliphatic heterocycles. The Morgan fingerprint density at radius 2 is 1.64 bits per heavy atom. The summed E-state index contributed by atoms with van der Waals surface area (Å²) >= 11 is 0. The van der Waals surface area contributed by atoms with Gasteiger partial charge in [-0.2, -0.15) is 15.0 Å². The number of ether oxygens (including phenoxy) is 2. The van der Waals surface area contributed by atoms with Gasteiger partial charge in [0.2, 0.25) is 11.9 Å². The van der Waals surface area contributed by atoms with Crippen LogP contribution in [-0.2, 0) is 4.74 Å². The maximum Gasteiger partial charge on any atom is 0.417 e. The zero-order chi connectivity index (χ0) is 23.5. The SMILES string of the molecule is Cc1nc(N[C@@H](C)c2ccc(Oc3ccccc3)cc2)nc(N2C(=O)OC(C)C2C(C)C)n1. The second-order valence-corrected chi connectivity index (χ2v) is 8.55. The van der Waals surface area contributed by atoms with Crippen molar-refractivity contribution in [1.82, 2.24) is 15.0 Å². The van der Waals surface area contributed by atoms with Crippen molar-refractivity contribution in [2.75, 3.05) is 10.2 Å². The fourth-order valence-electron chi connectivity index (χ4n) is 4.04. The van der Waals surface area contributed by atoms with Gasteiger partial charge in [-0.1, -0.05) is 44.2 Å². The van der Waals surface area contributed by atoms with Crippen molar-refractivity contribution in [3.8, 4) is 11.5 Å². The third-order valence-corrected chi connectivity index (χ3v) is 5.60. The highest BCUT2D eigenvalue weighted by atomic mass is 16.6. The predicted molar refractivity (Wildman–Crippen MR) is 127 cm³/mol. The summed E-state index contributed by atoms with van der Waals surface area (Å²) in [4.78, 5) is 27.4. The minimum Gasteiger partial charge on any atom is -0.457 e. The van der Waals surface area contributed by atoms with Crippen molar-refractivity contribution in [1.29, 1.82) is 0 Å². The quantitative estimate of drug-likeness (QED) is 0.510. The number of cyclic esters (lactones) is 1. The van der Waals surface area contributed by atoms with Crippen LogP contribution in [0.2, 0.25) is 0 Å². The molecule has 8 nitrogen and oxygen atoms in total. The van der Waals surface area contributed by atoms with E-state index >= 15 is 0 Å². The second-order valence-electron chi connectivity index (χ2n) is 8.55. The van der Waals surface area contributed by atoms with Crippen LogP contribution in [0.15, 0.2) is 54.6 Å². The van der Waals surface area contributed by atoms with Gasteiger partial charge in [-0.15, -0.1) is 0 Å². The van der Waals surface area contributed by atoms with Crippen LogP contribution >= 0.6 is 0 Å². The molecule has 3 aromatic rings. The third-order valence-electron chi connectivity index (χ3n) is 5.60. The van der Waals surface area contributed by atoms with E-state index in [0.717, 1.165) is 17.1 Å². The van der Waals surface area contributed by atoms with Crippen LogP contribution in [0, 0.1) is 12.8 Å². The number of aryl methyl sites for hydroxylation is 1. The van der Waals surface area contributed by atoms with Gasteiger partial charge < -0.3 is 14.8 Å². The number of amides is 1. The van der Waals surface area contributed by atoms with Crippen LogP contribution in [0.1, 0.15) is 45.1 Å². The normalized spacial score (nSPS) is 18.8. The summed E-state index contributed by atoms with van der Waals surface area (Å²) in [7, 11) is 0. The zero-order valence-electron chi connectivity index (χ0n) is 19.5. The zero-order valence-corrected chi connectivity index (χ0v) is 19.5. The third kappa shape index (κ3) is 5.05. The summed E-state index contributed by atoms with van der Waals surface area (Å²) < 4.78 is 11.3. The van der Waals surface area contributed by atoms with E-state index in [-0.39, 0.29) is 24.1 Å². The number of rotatable bonds is 7. The summed E-state index contributed by atoms with van der Waals surface area (Å²) in [6.07, 6.45) is -0.665.